The molecule has 4 nitrogen and oxygen atoms in total. The van der Waals surface area contributed by atoms with Gasteiger partial charge in [0.25, 0.3) is 0 Å². The predicted molar refractivity (Wildman–Crippen MR) is 143 cm³/mol. The molecule has 170 valence electrons. The van der Waals surface area contributed by atoms with Gasteiger partial charge in [-0.1, -0.05) is 39.7 Å². The number of ketones is 1. The van der Waals surface area contributed by atoms with E-state index in [1.807, 2.05) is 43.3 Å². The van der Waals surface area contributed by atoms with Gasteiger partial charge in [0, 0.05) is 49.0 Å². The lowest BCUT2D eigenvalue weighted by Gasteiger charge is -2.11. The van der Waals surface area contributed by atoms with Crippen LogP contribution < -0.4 is 4.74 Å². The lowest BCUT2D eigenvalue weighted by atomic mass is 9.95. The van der Waals surface area contributed by atoms with E-state index in [0.717, 1.165) is 42.9 Å². The largest absolute Gasteiger partial charge is 0.496 e. The summed E-state index contributed by atoms with van der Waals surface area (Å²) in [7, 11) is 1.59. The van der Waals surface area contributed by atoms with Gasteiger partial charge in [0.2, 0.25) is 0 Å². The normalized spacial score (nSPS) is 11.2. The predicted octanol–water partition coefficient (Wildman–Crippen LogP) is 7.85. The molecule has 1 N–H and O–H groups in total. The SMILES string of the molecule is COc1ccc2[nH]c(C)c(Cc3nc(-c4ccc(Br)cc4)cs3)c2c1C(=O)c1ccc(Cl)cc1. The Hall–Kier alpha value is -2.93. The van der Waals surface area contributed by atoms with Gasteiger partial charge in [-0.3, -0.25) is 4.79 Å². The number of H-pyrrole nitrogens is 1. The molecule has 0 bridgehead atoms. The number of nitrogens with one attached hydrogen (secondary N) is 1. The molecule has 0 atom stereocenters. The van der Waals surface area contributed by atoms with Crippen LogP contribution in [-0.4, -0.2) is 22.9 Å². The second-order valence-corrected chi connectivity index (χ2v) is 10.2. The van der Waals surface area contributed by atoms with Crippen LogP contribution in [0.4, 0.5) is 0 Å². The molecule has 7 heteroatoms. The smallest absolute Gasteiger partial charge is 0.197 e. The van der Waals surface area contributed by atoms with E-state index in [0.29, 0.717) is 28.3 Å². The van der Waals surface area contributed by atoms with Crippen LogP contribution in [0.2, 0.25) is 5.02 Å². The Kier molecular flexibility index (Phi) is 6.30. The third kappa shape index (κ3) is 4.29. The van der Waals surface area contributed by atoms with Crippen LogP contribution in [0.15, 0.2) is 70.5 Å². The highest BCUT2D eigenvalue weighted by molar-refractivity contribution is 9.10. The van der Waals surface area contributed by atoms with Gasteiger partial charge in [-0.2, -0.15) is 0 Å². The van der Waals surface area contributed by atoms with Crippen molar-refractivity contribution in [2.75, 3.05) is 7.11 Å². The fourth-order valence-corrected chi connectivity index (χ4v) is 5.33. The van der Waals surface area contributed by atoms with Crippen LogP contribution in [-0.2, 0) is 6.42 Å². The molecule has 34 heavy (non-hydrogen) atoms. The van der Waals surface area contributed by atoms with Crippen LogP contribution >= 0.6 is 38.9 Å². The number of halogens is 2. The zero-order valence-corrected chi connectivity index (χ0v) is 21.6. The van der Waals surface area contributed by atoms with Gasteiger partial charge >= 0.3 is 0 Å². The van der Waals surface area contributed by atoms with Gasteiger partial charge in [0.05, 0.1) is 23.4 Å². The van der Waals surface area contributed by atoms with Gasteiger partial charge in [-0.05, 0) is 61.0 Å². The summed E-state index contributed by atoms with van der Waals surface area (Å²) in [6.45, 7) is 2.03. The van der Waals surface area contributed by atoms with E-state index in [9.17, 15) is 4.79 Å². The van der Waals surface area contributed by atoms with E-state index in [4.69, 9.17) is 21.3 Å². The second kappa shape index (κ2) is 9.37. The van der Waals surface area contributed by atoms with Gasteiger partial charge in [-0.15, -0.1) is 11.3 Å². The molecular formula is C27H20BrClN2O2S. The van der Waals surface area contributed by atoms with E-state index < -0.39 is 0 Å². The number of carbonyl (C=O) groups excluding carboxylic acids is 1. The molecule has 2 aromatic heterocycles. The Labute approximate surface area is 214 Å². The lowest BCUT2D eigenvalue weighted by Crippen LogP contribution is -2.06. The summed E-state index contributed by atoms with van der Waals surface area (Å²) in [5.41, 5.74) is 6.08. The average Bonchev–Trinajstić information content (AvgIpc) is 3.43. The maximum absolute atomic E-state index is 13.6. The first-order valence-corrected chi connectivity index (χ1v) is 12.7. The van der Waals surface area contributed by atoms with Crippen LogP contribution in [0.25, 0.3) is 22.2 Å². The fourth-order valence-electron chi connectivity index (χ4n) is 4.12. The summed E-state index contributed by atoms with van der Waals surface area (Å²) < 4.78 is 6.66. The first kappa shape index (κ1) is 22.8. The standard InChI is InChI=1S/C27H20BrClN2O2S/c1-15-20(13-24-31-22(14-34-24)16-3-7-18(28)8-4-16)25-21(30-15)11-12-23(33-2)26(25)27(32)17-5-9-19(29)10-6-17/h3-12,14,30H,13H2,1-2H3. The monoisotopic (exact) mass is 550 g/mol. The Morgan fingerprint density at radius 1 is 1.09 bits per heavy atom. The molecule has 0 saturated carbocycles. The minimum absolute atomic E-state index is 0.103. The summed E-state index contributed by atoms with van der Waals surface area (Å²) in [4.78, 5) is 21.9. The molecule has 0 radical (unpaired) electrons. The van der Waals surface area contributed by atoms with Crippen molar-refractivity contribution in [3.8, 4) is 17.0 Å². The quantitative estimate of drug-likeness (QED) is 0.219. The number of fused-ring (bicyclic) bond motifs is 1. The summed E-state index contributed by atoms with van der Waals surface area (Å²) in [5.74, 6) is 0.441. The van der Waals surface area contributed by atoms with E-state index >= 15 is 0 Å². The van der Waals surface area contributed by atoms with E-state index in [1.165, 1.54) is 0 Å². The number of aromatic amines is 1. The number of nitrogens with zero attached hydrogens (tertiary/aromatic N) is 1. The van der Waals surface area contributed by atoms with E-state index in [2.05, 4.69) is 26.3 Å². The minimum atomic E-state index is -0.103. The summed E-state index contributed by atoms with van der Waals surface area (Å²) in [6, 6.07) is 18.9. The zero-order valence-electron chi connectivity index (χ0n) is 18.5. The number of carbonyl (C=O) groups is 1. The lowest BCUT2D eigenvalue weighted by molar-refractivity contribution is 0.103. The topological polar surface area (TPSA) is 55.0 Å². The van der Waals surface area contributed by atoms with Crippen LogP contribution in [0.5, 0.6) is 5.75 Å². The minimum Gasteiger partial charge on any atom is -0.496 e. The number of hydrogen-bond donors (Lipinski definition) is 1. The van der Waals surface area contributed by atoms with Crippen LogP contribution in [0.3, 0.4) is 0 Å². The summed E-state index contributed by atoms with van der Waals surface area (Å²) >= 11 is 11.1. The number of ether oxygens (including phenoxy) is 1. The third-order valence-electron chi connectivity index (χ3n) is 5.82. The van der Waals surface area contributed by atoms with Crippen molar-refractivity contribution in [2.24, 2.45) is 0 Å². The highest BCUT2D eigenvalue weighted by Crippen LogP contribution is 2.36. The molecule has 0 spiro atoms. The molecule has 2 heterocycles. The number of aromatic nitrogens is 2. The molecule has 0 unspecified atom stereocenters. The van der Waals surface area contributed by atoms with Gasteiger partial charge < -0.3 is 9.72 Å². The Balaban J connectivity index is 1.59. The van der Waals surface area contributed by atoms with Crippen molar-refractivity contribution >= 4 is 55.6 Å². The molecule has 0 aliphatic rings. The maximum Gasteiger partial charge on any atom is 0.197 e. The molecular weight excluding hydrogens is 532 g/mol. The number of rotatable bonds is 6. The average molecular weight is 552 g/mol. The number of thiazole rings is 1. The number of methoxy groups -OCH3 is 1. The van der Waals surface area contributed by atoms with Crippen molar-refractivity contribution in [1.29, 1.82) is 0 Å². The highest BCUT2D eigenvalue weighted by Gasteiger charge is 2.23. The summed E-state index contributed by atoms with van der Waals surface area (Å²) in [6.07, 6.45) is 0.612. The van der Waals surface area contributed by atoms with Crippen molar-refractivity contribution in [3.63, 3.8) is 0 Å². The van der Waals surface area contributed by atoms with Gasteiger partial charge in [0.15, 0.2) is 5.78 Å². The first-order valence-electron chi connectivity index (χ1n) is 10.6. The molecule has 5 rings (SSSR count). The van der Waals surface area contributed by atoms with Crippen LogP contribution in [0, 0.1) is 6.92 Å². The van der Waals surface area contributed by atoms with Gasteiger partial charge in [-0.25, -0.2) is 4.98 Å². The van der Waals surface area contributed by atoms with Crippen molar-refractivity contribution in [1.82, 2.24) is 9.97 Å². The molecule has 3 aromatic carbocycles. The number of hydrogen-bond acceptors (Lipinski definition) is 4. The van der Waals surface area contributed by atoms with Crippen LogP contribution in [0.1, 0.15) is 32.2 Å². The maximum atomic E-state index is 13.6. The zero-order chi connectivity index (χ0) is 23.8. The molecule has 0 aliphatic heterocycles. The van der Waals surface area contributed by atoms with E-state index in [-0.39, 0.29) is 5.78 Å². The first-order chi connectivity index (χ1) is 16.4. The van der Waals surface area contributed by atoms with Crippen molar-refractivity contribution < 1.29 is 9.53 Å². The molecule has 0 saturated heterocycles. The highest BCUT2D eigenvalue weighted by atomic mass is 79.9. The molecule has 0 fully saturated rings. The molecule has 0 aliphatic carbocycles. The van der Waals surface area contributed by atoms with Gasteiger partial charge in [0.1, 0.15) is 5.75 Å². The second-order valence-electron chi connectivity index (χ2n) is 7.94. The third-order valence-corrected chi connectivity index (χ3v) is 7.45. The Bertz CT molecular complexity index is 1500. The Morgan fingerprint density at radius 2 is 1.82 bits per heavy atom. The Morgan fingerprint density at radius 3 is 2.53 bits per heavy atom. The summed E-state index contributed by atoms with van der Waals surface area (Å²) in [5, 5.41) is 4.51. The van der Waals surface area contributed by atoms with E-state index in [1.54, 1.807) is 42.7 Å². The fraction of sp³-hybridized carbons (Fsp3) is 0.111. The molecule has 5 aromatic rings. The van der Waals surface area contributed by atoms with Crippen molar-refractivity contribution in [2.45, 2.75) is 13.3 Å². The van der Waals surface area contributed by atoms with Crippen molar-refractivity contribution in [3.05, 3.63) is 103 Å². The molecule has 0 amide bonds. The number of aryl methyl sites for hydroxylation is 1. The number of benzene rings is 3.